The Hall–Kier alpha value is -2.17. The fourth-order valence-corrected chi connectivity index (χ4v) is 1.53. The molecule has 2 rings (SSSR count). The van der Waals surface area contributed by atoms with E-state index in [1.165, 1.54) is 6.07 Å². The van der Waals surface area contributed by atoms with E-state index in [0.29, 0.717) is 11.2 Å². The summed E-state index contributed by atoms with van der Waals surface area (Å²) >= 11 is 0. The van der Waals surface area contributed by atoms with E-state index in [-0.39, 0.29) is 5.69 Å². The molecule has 0 aliphatic heterocycles. The van der Waals surface area contributed by atoms with Crippen LogP contribution in [0.1, 0.15) is 0 Å². The molecule has 0 aliphatic rings. The van der Waals surface area contributed by atoms with Crippen LogP contribution in [0, 0.1) is 10.1 Å². The summed E-state index contributed by atoms with van der Waals surface area (Å²) in [6.07, 6.45) is 1.62. The molecule has 0 atom stereocenters. The van der Waals surface area contributed by atoms with Crippen LogP contribution in [0.2, 0.25) is 0 Å². The summed E-state index contributed by atoms with van der Waals surface area (Å²) in [4.78, 5) is 14.5. The standard InChI is InChI=1S/C10H9N3O2/c1-11-10-8(13(14)15)5-4-7-3-2-6-12-9(7)10/h2-6,11H,1H3. The molecule has 0 bridgehead atoms. The van der Waals surface area contributed by atoms with Crippen molar-refractivity contribution in [3.63, 3.8) is 0 Å². The van der Waals surface area contributed by atoms with Crippen molar-refractivity contribution in [1.82, 2.24) is 4.98 Å². The van der Waals surface area contributed by atoms with Crippen molar-refractivity contribution in [2.45, 2.75) is 0 Å². The minimum atomic E-state index is -0.417. The van der Waals surface area contributed by atoms with Gasteiger partial charge in [0.1, 0.15) is 11.2 Å². The summed E-state index contributed by atoms with van der Waals surface area (Å²) in [5.41, 5.74) is 1.12. The highest BCUT2D eigenvalue weighted by atomic mass is 16.6. The van der Waals surface area contributed by atoms with Crippen LogP contribution in [0.4, 0.5) is 11.4 Å². The molecule has 5 nitrogen and oxygen atoms in total. The molecule has 1 N–H and O–H groups in total. The lowest BCUT2D eigenvalue weighted by atomic mass is 10.1. The predicted octanol–water partition coefficient (Wildman–Crippen LogP) is 2.18. The molecule has 0 radical (unpaired) electrons. The van der Waals surface area contributed by atoms with Gasteiger partial charge in [0.25, 0.3) is 5.69 Å². The number of nitro groups is 1. The van der Waals surface area contributed by atoms with E-state index in [0.717, 1.165) is 5.39 Å². The number of hydrogen-bond donors (Lipinski definition) is 1. The van der Waals surface area contributed by atoms with Crippen LogP contribution >= 0.6 is 0 Å². The second-order valence-electron chi connectivity index (χ2n) is 3.04. The van der Waals surface area contributed by atoms with Crippen LogP contribution in [0.5, 0.6) is 0 Å². The number of nitrogens with zero attached hydrogens (tertiary/aromatic N) is 2. The molecule has 0 spiro atoms. The van der Waals surface area contributed by atoms with Crippen molar-refractivity contribution in [3.8, 4) is 0 Å². The first-order chi connectivity index (χ1) is 7.24. The van der Waals surface area contributed by atoms with E-state index in [4.69, 9.17) is 0 Å². The Morgan fingerprint density at radius 3 is 2.87 bits per heavy atom. The van der Waals surface area contributed by atoms with Crippen LogP contribution in [0.3, 0.4) is 0 Å². The average molecular weight is 203 g/mol. The van der Waals surface area contributed by atoms with Crippen molar-refractivity contribution >= 4 is 22.3 Å². The van der Waals surface area contributed by atoms with Crippen molar-refractivity contribution in [3.05, 3.63) is 40.6 Å². The molecule has 76 valence electrons. The third-order valence-electron chi connectivity index (χ3n) is 2.20. The normalized spacial score (nSPS) is 10.2. The van der Waals surface area contributed by atoms with Crippen LogP contribution < -0.4 is 5.32 Å². The summed E-state index contributed by atoms with van der Waals surface area (Å²) in [5.74, 6) is 0. The summed E-state index contributed by atoms with van der Waals surface area (Å²) in [6, 6.07) is 6.84. The predicted molar refractivity (Wildman–Crippen MR) is 57.9 cm³/mol. The zero-order valence-corrected chi connectivity index (χ0v) is 8.10. The molecule has 0 saturated heterocycles. The van der Waals surface area contributed by atoms with E-state index in [1.807, 2.05) is 6.07 Å². The summed E-state index contributed by atoms with van der Waals surface area (Å²) in [5, 5.41) is 14.5. The van der Waals surface area contributed by atoms with Crippen LogP contribution in [0.25, 0.3) is 10.9 Å². The van der Waals surface area contributed by atoms with Gasteiger partial charge in [0.15, 0.2) is 0 Å². The molecule has 5 heteroatoms. The Morgan fingerprint density at radius 1 is 1.40 bits per heavy atom. The molecule has 1 heterocycles. The van der Waals surface area contributed by atoms with E-state index in [1.54, 1.807) is 25.4 Å². The first-order valence-corrected chi connectivity index (χ1v) is 4.44. The first-order valence-electron chi connectivity index (χ1n) is 4.44. The Morgan fingerprint density at radius 2 is 2.20 bits per heavy atom. The van der Waals surface area contributed by atoms with Gasteiger partial charge in [-0.05, 0) is 12.1 Å². The van der Waals surface area contributed by atoms with Crippen LogP contribution in [0.15, 0.2) is 30.5 Å². The molecule has 0 unspecified atom stereocenters. The second-order valence-corrected chi connectivity index (χ2v) is 3.04. The van der Waals surface area contributed by atoms with Gasteiger partial charge in [-0.25, -0.2) is 0 Å². The van der Waals surface area contributed by atoms with Gasteiger partial charge in [-0.3, -0.25) is 15.1 Å². The maximum Gasteiger partial charge on any atom is 0.294 e. The third-order valence-corrected chi connectivity index (χ3v) is 2.20. The Balaban J connectivity index is 2.81. The number of fused-ring (bicyclic) bond motifs is 1. The maximum absolute atomic E-state index is 10.8. The number of anilines is 1. The zero-order chi connectivity index (χ0) is 10.8. The van der Waals surface area contributed by atoms with E-state index < -0.39 is 4.92 Å². The van der Waals surface area contributed by atoms with Crippen molar-refractivity contribution in [1.29, 1.82) is 0 Å². The van der Waals surface area contributed by atoms with Gasteiger partial charge in [-0.2, -0.15) is 0 Å². The number of nitro benzene ring substituents is 1. The van der Waals surface area contributed by atoms with E-state index >= 15 is 0 Å². The monoisotopic (exact) mass is 203 g/mol. The number of aromatic nitrogens is 1. The largest absolute Gasteiger partial charge is 0.381 e. The highest BCUT2D eigenvalue weighted by Crippen LogP contribution is 2.30. The molecule has 0 amide bonds. The minimum Gasteiger partial charge on any atom is -0.381 e. The molecule has 2 aromatic rings. The van der Waals surface area contributed by atoms with Gasteiger partial charge < -0.3 is 5.32 Å². The van der Waals surface area contributed by atoms with Gasteiger partial charge in [0, 0.05) is 24.7 Å². The molecule has 0 saturated carbocycles. The maximum atomic E-state index is 10.8. The quantitative estimate of drug-likeness (QED) is 0.600. The highest BCUT2D eigenvalue weighted by molar-refractivity contribution is 5.95. The number of nitrogens with one attached hydrogen (secondary N) is 1. The number of rotatable bonds is 2. The Bertz CT molecular complexity index is 525. The average Bonchev–Trinajstić information content (AvgIpc) is 2.27. The Labute approximate surface area is 85.9 Å². The zero-order valence-electron chi connectivity index (χ0n) is 8.10. The van der Waals surface area contributed by atoms with Gasteiger partial charge in [0.05, 0.1) is 4.92 Å². The highest BCUT2D eigenvalue weighted by Gasteiger charge is 2.15. The molecule has 15 heavy (non-hydrogen) atoms. The SMILES string of the molecule is CNc1c([N+](=O)[O-])ccc2cccnc12. The first kappa shape index (κ1) is 9.39. The third kappa shape index (κ3) is 1.48. The molecule has 1 aromatic carbocycles. The van der Waals surface area contributed by atoms with Gasteiger partial charge in [-0.15, -0.1) is 0 Å². The lowest BCUT2D eigenvalue weighted by molar-refractivity contribution is -0.383. The summed E-state index contributed by atoms with van der Waals surface area (Å²) in [7, 11) is 1.65. The van der Waals surface area contributed by atoms with Crippen LogP contribution in [-0.4, -0.2) is 17.0 Å². The summed E-state index contributed by atoms with van der Waals surface area (Å²) in [6.45, 7) is 0. The minimum absolute atomic E-state index is 0.0451. The van der Waals surface area contributed by atoms with Gasteiger partial charge >= 0.3 is 0 Å². The topological polar surface area (TPSA) is 68.1 Å². The molecular formula is C10H9N3O2. The van der Waals surface area contributed by atoms with E-state index in [9.17, 15) is 10.1 Å². The number of pyridine rings is 1. The van der Waals surface area contributed by atoms with E-state index in [2.05, 4.69) is 10.3 Å². The smallest absolute Gasteiger partial charge is 0.294 e. The van der Waals surface area contributed by atoms with Crippen molar-refractivity contribution in [2.75, 3.05) is 12.4 Å². The fourth-order valence-electron chi connectivity index (χ4n) is 1.53. The van der Waals surface area contributed by atoms with Gasteiger partial charge in [-0.1, -0.05) is 6.07 Å². The molecule has 0 fully saturated rings. The fraction of sp³-hybridized carbons (Fsp3) is 0.100. The van der Waals surface area contributed by atoms with Gasteiger partial charge in [0.2, 0.25) is 0 Å². The number of hydrogen-bond acceptors (Lipinski definition) is 4. The molecule has 1 aromatic heterocycles. The molecule has 0 aliphatic carbocycles. The van der Waals surface area contributed by atoms with Crippen molar-refractivity contribution < 1.29 is 4.92 Å². The summed E-state index contributed by atoms with van der Waals surface area (Å²) < 4.78 is 0. The lowest BCUT2D eigenvalue weighted by Gasteiger charge is -2.05. The van der Waals surface area contributed by atoms with Crippen LogP contribution in [-0.2, 0) is 0 Å². The second kappa shape index (κ2) is 3.53. The van der Waals surface area contributed by atoms with Crippen molar-refractivity contribution in [2.24, 2.45) is 0 Å². The molecular weight excluding hydrogens is 194 g/mol. The number of benzene rings is 1. The Kier molecular flexibility index (Phi) is 2.21. The lowest BCUT2D eigenvalue weighted by Crippen LogP contribution is -1.98.